The zero-order chi connectivity index (χ0) is 11.6. The first-order valence-electron chi connectivity index (χ1n) is 6.11. The maximum Gasteiger partial charge on any atom is -0.00603 e. The Kier molecular flexibility index (Phi) is 3.00. The number of rotatable bonds is 2. The summed E-state index contributed by atoms with van der Waals surface area (Å²) in [4.78, 5) is 0. The Morgan fingerprint density at radius 2 is 1.81 bits per heavy atom. The molecule has 1 aromatic carbocycles. The van der Waals surface area contributed by atoms with Crippen molar-refractivity contribution in [1.82, 2.24) is 0 Å². The fraction of sp³-hybridized carbons (Fsp3) is 0.375. The smallest absolute Gasteiger partial charge is 0.00603 e. The van der Waals surface area contributed by atoms with Crippen LogP contribution in [0.5, 0.6) is 0 Å². The van der Waals surface area contributed by atoms with Crippen molar-refractivity contribution < 1.29 is 0 Å². The van der Waals surface area contributed by atoms with E-state index in [9.17, 15) is 0 Å². The van der Waals surface area contributed by atoms with E-state index in [-0.39, 0.29) is 5.41 Å². The molecule has 0 heterocycles. The molecule has 0 radical (unpaired) electrons. The second-order valence-corrected chi connectivity index (χ2v) is 5.11. The van der Waals surface area contributed by atoms with Crippen LogP contribution in [0.4, 0.5) is 0 Å². The fourth-order valence-electron chi connectivity index (χ4n) is 2.59. The average Bonchev–Trinajstić information content (AvgIpc) is 2.28. The van der Waals surface area contributed by atoms with Gasteiger partial charge in [-0.2, -0.15) is 0 Å². The van der Waals surface area contributed by atoms with E-state index in [1.807, 2.05) is 0 Å². The Bertz CT molecular complexity index is 419. The van der Waals surface area contributed by atoms with Gasteiger partial charge in [0.1, 0.15) is 0 Å². The summed E-state index contributed by atoms with van der Waals surface area (Å²) in [6.45, 7) is 6.92. The zero-order valence-electron chi connectivity index (χ0n) is 10.5. The normalized spacial score (nSPS) is 18.9. The second-order valence-electron chi connectivity index (χ2n) is 5.11. The molecule has 0 amide bonds. The van der Waals surface area contributed by atoms with E-state index in [1.165, 1.54) is 16.7 Å². The van der Waals surface area contributed by atoms with Crippen LogP contribution in [0.1, 0.15) is 39.2 Å². The highest BCUT2D eigenvalue weighted by Gasteiger charge is 2.27. The summed E-state index contributed by atoms with van der Waals surface area (Å²) in [6, 6.07) is 10.8. The summed E-state index contributed by atoms with van der Waals surface area (Å²) in [5, 5.41) is 0. The van der Waals surface area contributed by atoms with Crippen molar-refractivity contribution >= 4 is 5.57 Å². The molecule has 16 heavy (non-hydrogen) atoms. The van der Waals surface area contributed by atoms with Crippen molar-refractivity contribution in [2.24, 2.45) is 5.41 Å². The SMILES string of the molecule is CCC1=C(c2ccccc2)C(C)(C)CC=C1. The predicted octanol–water partition coefficient (Wildman–Crippen LogP) is 4.84. The monoisotopic (exact) mass is 212 g/mol. The summed E-state index contributed by atoms with van der Waals surface area (Å²) in [6.07, 6.45) is 6.86. The van der Waals surface area contributed by atoms with Crippen LogP contribution >= 0.6 is 0 Å². The van der Waals surface area contributed by atoms with Gasteiger partial charge in [-0.25, -0.2) is 0 Å². The molecular weight excluding hydrogens is 192 g/mol. The van der Waals surface area contributed by atoms with Crippen molar-refractivity contribution in [2.75, 3.05) is 0 Å². The lowest BCUT2D eigenvalue weighted by Gasteiger charge is -2.32. The fourth-order valence-corrected chi connectivity index (χ4v) is 2.59. The van der Waals surface area contributed by atoms with Crippen LogP contribution in [0.25, 0.3) is 5.57 Å². The van der Waals surface area contributed by atoms with Crippen LogP contribution in [-0.2, 0) is 0 Å². The van der Waals surface area contributed by atoms with Crippen molar-refractivity contribution in [3.05, 3.63) is 53.6 Å². The summed E-state index contributed by atoms with van der Waals surface area (Å²) >= 11 is 0. The summed E-state index contributed by atoms with van der Waals surface area (Å²) in [7, 11) is 0. The summed E-state index contributed by atoms with van der Waals surface area (Å²) < 4.78 is 0. The molecule has 0 saturated carbocycles. The minimum absolute atomic E-state index is 0.265. The van der Waals surface area contributed by atoms with E-state index < -0.39 is 0 Å². The first-order valence-corrected chi connectivity index (χ1v) is 6.11. The molecule has 1 aliphatic rings. The number of allylic oxidation sites excluding steroid dienone is 4. The quantitative estimate of drug-likeness (QED) is 0.658. The van der Waals surface area contributed by atoms with E-state index in [0.717, 1.165) is 12.8 Å². The molecule has 0 aliphatic heterocycles. The topological polar surface area (TPSA) is 0 Å². The van der Waals surface area contributed by atoms with Gasteiger partial charge >= 0.3 is 0 Å². The Morgan fingerprint density at radius 3 is 2.44 bits per heavy atom. The van der Waals surface area contributed by atoms with Gasteiger partial charge in [0.05, 0.1) is 0 Å². The van der Waals surface area contributed by atoms with Gasteiger partial charge < -0.3 is 0 Å². The number of hydrogen-bond acceptors (Lipinski definition) is 0. The molecule has 0 unspecified atom stereocenters. The summed E-state index contributed by atoms with van der Waals surface area (Å²) in [5.41, 5.74) is 4.66. The largest absolute Gasteiger partial charge is 0.0834 e. The molecule has 0 aromatic heterocycles. The molecule has 2 rings (SSSR count). The Morgan fingerprint density at radius 1 is 1.12 bits per heavy atom. The van der Waals surface area contributed by atoms with E-state index in [2.05, 4.69) is 63.3 Å². The molecule has 0 spiro atoms. The van der Waals surface area contributed by atoms with Crippen LogP contribution < -0.4 is 0 Å². The average molecular weight is 212 g/mol. The molecule has 84 valence electrons. The molecule has 0 heteroatoms. The highest BCUT2D eigenvalue weighted by Crippen LogP contribution is 2.43. The summed E-state index contributed by atoms with van der Waals surface area (Å²) in [5.74, 6) is 0. The molecule has 0 N–H and O–H groups in total. The van der Waals surface area contributed by atoms with Gasteiger partial charge in [-0.1, -0.05) is 63.3 Å². The maximum atomic E-state index is 2.34. The molecule has 0 fully saturated rings. The molecule has 0 atom stereocenters. The van der Waals surface area contributed by atoms with Gasteiger partial charge in [0, 0.05) is 0 Å². The third-order valence-corrected chi connectivity index (χ3v) is 3.39. The second kappa shape index (κ2) is 4.29. The Balaban J connectivity index is 2.56. The Hall–Kier alpha value is -1.30. The molecular formula is C16H20. The first-order chi connectivity index (χ1) is 7.65. The van der Waals surface area contributed by atoms with Crippen molar-refractivity contribution in [1.29, 1.82) is 0 Å². The Labute approximate surface area is 98.7 Å². The van der Waals surface area contributed by atoms with Crippen LogP contribution in [0.3, 0.4) is 0 Å². The van der Waals surface area contributed by atoms with Gasteiger partial charge in [0.15, 0.2) is 0 Å². The highest BCUT2D eigenvalue weighted by atomic mass is 14.3. The molecule has 0 saturated heterocycles. The molecule has 1 aliphatic carbocycles. The lowest BCUT2D eigenvalue weighted by Crippen LogP contribution is -2.17. The van der Waals surface area contributed by atoms with Crippen molar-refractivity contribution in [3.8, 4) is 0 Å². The van der Waals surface area contributed by atoms with Gasteiger partial charge in [0.25, 0.3) is 0 Å². The maximum absolute atomic E-state index is 2.34. The first kappa shape index (κ1) is 11.2. The zero-order valence-corrected chi connectivity index (χ0v) is 10.5. The molecule has 0 bridgehead atoms. The third kappa shape index (κ3) is 1.97. The lowest BCUT2D eigenvalue weighted by molar-refractivity contribution is 0.501. The predicted molar refractivity (Wildman–Crippen MR) is 71.2 cm³/mol. The van der Waals surface area contributed by atoms with E-state index >= 15 is 0 Å². The molecule has 1 aromatic rings. The number of benzene rings is 1. The minimum atomic E-state index is 0.265. The standard InChI is InChI=1S/C16H20/c1-4-13-11-8-12-16(2,3)15(13)14-9-6-5-7-10-14/h5-11H,4,12H2,1-3H3. The lowest BCUT2D eigenvalue weighted by atomic mass is 9.72. The molecule has 0 nitrogen and oxygen atoms in total. The van der Waals surface area contributed by atoms with E-state index in [0.29, 0.717) is 0 Å². The van der Waals surface area contributed by atoms with Crippen LogP contribution in [0, 0.1) is 5.41 Å². The van der Waals surface area contributed by atoms with Gasteiger partial charge in [-0.3, -0.25) is 0 Å². The minimum Gasteiger partial charge on any atom is -0.0834 e. The number of hydrogen-bond donors (Lipinski definition) is 0. The van der Waals surface area contributed by atoms with E-state index in [4.69, 9.17) is 0 Å². The van der Waals surface area contributed by atoms with E-state index in [1.54, 1.807) is 0 Å². The van der Waals surface area contributed by atoms with Crippen molar-refractivity contribution in [3.63, 3.8) is 0 Å². The highest BCUT2D eigenvalue weighted by molar-refractivity contribution is 5.76. The van der Waals surface area contributed by atoms with Gasteiger partial charge in [-0.15, -0.1) is 0 Å². The van der Waals surface area contributed by atoms with Gasteiger partial charge in [0.2, 0.25) is 0 Å². The third-order valence-electron chi connectivity index (χ3n) is 3.39. The van der Waals surface area contributed by atoms with Crippen LogP contribution in [0.2, 0.25) is 0 Å². The van der Waals surface area contributed by atoms with Crippen LogP contribution in [0.15, 0.2) is 48.1 Å². The van der Waals surface area contributed by atoms with Gasteiger partial charge in [-0.05, 0) is 35.0 Å². The van der Waals surface area contributed by atoms with Crippen LogP contribution in [-0.4, -0.2) is 0 Å². The van der Waals surface area contributed by atoms with Crippen molar-refractivity contribution in [2.45, 2.75) is 33.6 Å².